The fourth-order valence-corrected chi connectivity index (χ4v) is 7.30. The third kappa shape index (κ3) is 1.57. The maximum atomic E-state index is 2.71. The van der Waals surface area contributed by atoms with Crippen LogP contribution in [0.15, 0.2) is 79.0 Å². The first-order chi connectivity index (χ1) is 15.9. The molecule has 1 saturated carbocycles. The highest BCUT2D eigenvalue weighted by atomic mass is 15.1. The lowest BCUT2D eigenvalue weighted by molar-refractivity contribution is -0.682. The number of pyridine rings is 1. The Bertz CT molecular complexity index is 1930. The minimum atomic E-state index is 0.550. The van der Waals surface area contributed by atoms with E-state index in [-0.39, 0.29) is 0 Å². The van der Waals surface area contributed by atoms with Crippen molar-refractivity contribution in [3.05, 3.63) is 84.7 Å². The predicted octanol–water partition coefficient (Wildman–Crippen LogP) is 5.04. The molecule has 2 atom stereocenters. The topological polar surface area (TPSA) is 12.1 Å². The van der Waals surface area contributed by atoms with Crippen molar-refractivity contribution in [2.45, 2.75) is 31.2 Å². The lowest BCUT2D eigenvalue weighted by Crippen LogP contribution is -2.48. The van der Waals surface area contributed by atoms with E-state index in [1.54, 1.807) is 0 Å². The van der Waals surface area contributed by atoms with Gasteiger partial charge in [-0.15, -0.1) is 18.2 Å². The van der Waals surface area contributed by atoms with Gasteiger partial charge < -0.3 is 0 Å². The molecule has 4 aromatic heterocycles. The average molecular weight is 412 g/mol. The number of hydrogen-bond donors (Lipinski definition) is 0. The van der Waals surface area contributed by atoms with Gasteiger partial charge in [0.1, 0.15) is 11.6 Å². The molecule has 3 aromatic carbocycles. The van der Waals surface area contributed by atoms with E-state index in [1.165, 1.54) is 79.6 Å². The summed E-state index contributed by atoms with van der Waals surface area (Å²) in [5, 5.41) is 6.93. The molecular formula is C29H21N3. The fraction of sp³-hybridized carbons (Fsp3) is 0.172. The van der Waals surface area contributed by atoms with Crippen LogP contribution in [0.3, 0.4) is 0 Å². The molecule has 0 spiro atoms. The highest BCUT2D eigenvalue weighted by Gasteiger charge is 2.44. The summed E-state index contributed by atoms with van der Waals surface area (Å²) in [7, 11) is 0. The predicted molar refractivity (Wildman–Crippen MR) is 125 cm³/mol. The second kappa shape index (κ2) is 5.18. The van der Waals surface area contributed by atoms with E-state index in [0.717, 1.165) is 0 Å². The standard InChI is InChI=1S/C29H21N3/c1-3-11-22-17(7-1)19-14-15-25-26-27(21-9-5-13-24(21)31(22)28(19)26)30-16-6-10-20-18-8-2-4-12-23(18)32(25)29(20)30/h1-4,6-8,10-12,14-16,21,24H,5,9,13H2. The van der Waals surface area contributed by atoms with Crippen molar-refractivity contribution < 1.29 is 13.4 Å². The largest absolute Gasteiger partial charge is 0.358 e. The molecule has 3 nitrogen and oxygen atoms in total. The van der Waals surface area contributed by atoms with E-state index in [9.17, 15) is 0 Å². The zero-order valence-electron chi connectivity index (χ0n) is 17.6. The van der Waals surface area contributed by atoms with Gasteiger partial charge in [0.05, 0.1) is 11.9 Å². The van der Waals surface area contributed by atoms with E-state index in [0.29, 0.717) is 12.0 Å². The van der Waals surface area contributed by atoms with Crippen molar-refractivity contribution >= 4 is 54.6 Å². The molecule has 7 aromatic rings. The monoisotopic (exact) mass is 411 g/mol. The highest BCUT2D eigenvalue weighted by molar-refractivity contribution is 6.14. The van der Waals surface area contributed by atoms with E-state index in [4.69, 9.17) is 0 Å². The maximum Gasteiger partial charge on any atom is 0.358 e. The Labute approximate surface area is 184 Å². The number of nitrogens with zero attached hydrogens (tertiary/aromatic N) is 3. The van der Waals surface area contributed by atoms with Crippen molar-refractivity contribution in [2.24, 2.45) is 0 Å². The number of rotatable bonds is 0. The van der Waals surface area contributed by atoms with Crippen molar-refractivity contribution in [1.82, 2.24) is 0 Å². The summed E-state index contributed by atoms with van der Waals surface area (Å²) < 4.78 is 7.77. The SMILES string of the molecule is c1ccc2c(c1)c1ccc3c4[c-]([n+]5cccc6c7cccc[c-]7[n+]3c65)C3CCCC3[n+]2[c-]14. The Balaban J connectivity index is 1.69. The zero-order chi connectivity index (χ0) is 20.6. The number of fused-ring (bicyclic) bond motifs is 11. The first kappa shape index (κ1) is 16.0. The summed E-state index contributed by atoms with van der Waals surface area (Å²) in [5.41, 5.74) is 8.34. The minimum absolute atomic E-state index is 0.550. The molecule has 3 heteroatoms. The normalized spacial score (nSPS) is 20.1. The van der Waals surface area contributed by atoms with Gasteiger partial charge >= 0.3 is 5.65 Å². The molecule has 1 aliphatic carbocycles. The Hall–Kier alpha value is -3.72. The Morgan fingerprint density at radius 1 is 0.781 bits per heavy atom. The molecule has 1 fully saturated rings. The lowest BCUT2D eigenvalue weighted by Gasteiger charge is -2.26. The minimum Gasteiger partial charge on any atom is -0.268 e. The van der Waals surface area contributed by atoms with Crippen molar-refractivity contribution in [2.75, 3.05) is 0 Å². The molecule has 0 amide bonds. The van der Waals surface area contributed by atoms with Gasteiger partial charge in [-0.05, 0) is 41.8 Å². The van der Waals surface area contributed by atoms with Crippen LogP contribution >= 0.6 is 0 Å². The van der Waals surface area contributed by atoms with Crippen LogP contribution in [-0.2, 0) is 0 Å². The molecule has 0 bridgehead atoms. The van der Waals surface area contributed by atoms with E-state index < -0.39 is 0 Å². The first-order valence-corrected chi connectivity index (χ1v) is 11.8. The summed E-state index contributed by atoms with van der Waals surface area (Å²) in [6.07, 6.45) is 6.15. The van der Waals surface area contributed by atoms with E-state index in [1.807, 2.05) is 0 Å². The summed E-state index contributed by atoms with van der Waals surface area (Å²) in [6.45, 7) is 0. The van der Waals surface area contributed by atoms with E-state index in [2.05, 4.69) is 92.4 Å². The van der Waals surface area contributed by atoms with Gasteiger partial charge in [0.2, 0.25) is 0 Å². The molecule has 32 heavy (non-hydrogen) atoms. The molecule has 5 heterocycles. The average Bonchev–Trinajstić information content (AvgIpc) is 3.54. The molecule has 2 unspecified atom stereocenters. The van der Waals surface area contributed by atoms with Gasteiger partial charge in [0.15, 0.2) is 16.6 Å². The van der Waals surface area contributed by atoms with Gasteiger partial charge in [-0.1, -0.05) is 30.3 Å². The number of hydrogen-bond acceptors (Lipinski definition) is 0. The summed E-state index contributed by atoms with van der Waals surface area (Å²) in [6, 6.07) is 27.8. The van der Waals surface area contributed by atoms with Gasteiger partial charge in [-0.2, -0.15) is 4.40 Å². The summed E-state index contributed by atoms with van der Waals surface area (Å²) in [4.78, 5) is 0. The van der Waals surface area contributed by atoms with Crippen LogP contribution in [0.1, 0.15) is 36.9 Å². The van der Waals surface area contributed by atoms with Crippen LogP contribution in [0.2, 0.25) is 0 Å². The first-order valence-electron chi connectivity index (χ1n) is 11.8. The fourth-order valence-electron chi connectivity index (χ4n) is 7.30. The molecule has 0 saturated heterocycles. The third-order valence-corrected chi connectivity index (χ3v) is 8.38. The molecule has 9 rings (SSSR count). The van der Waals surface area contributed by atoms with Crippen LogP contribution in [-0.4, -0.2) is 0 Å². The Kier molecular flexibility index (Phi) is 2.59. The quantitative estimate of drug-likeness (QED) is 0.188. The number of aromatic nitrogens is 3. The van der Waals surface area contributed by atoms with Crippen LogP contribution < -0.4 is 13.4 Å². The van der Waals surface area contributed by atoms with Crippen LogP contribution in [0.4, 0.5) is 0 Å². The van der Waals surface area contributed by atoms with Crippen LogP contribution in [0.25, 0.3) is 54.6 Å². The molecule has 0 radical (unpaired) electrons. The summed E-state index contributed by atoms with van der Waals surface area (Å²) >= 11 is 0. The van der Waals surface area contributed by atoms with Crippen molar-refractivity contribution in [3.63, 3.8) is 0 Å². The third-order valence-electron chi connectivity index (χ3n) is 8.38. The zero-order valence-corrected chi connectivity index (χ0v) is 17.6. The lowest BCUT2D eigenvalue weighted by atomic mass is 9.91. The molecule has 152 valence electrons. The summed E-state index contributed by atoms with van der Waals surface area (Å²) in [5.74, 6) is 0.560. The smallest absolute Gasteiger partial charge is 0.268 e. The second-order valence-electron chi connectivity index (χ2n) is 9.70. The second-order valence-corrected chi connectivity index (χ2v) is 9.70. The number of benzene rings is 3. The van der Waals surface area contributed by atoms with Gasteiger partial charge in [0, 0.05) is 34.6 Å². The van der Waals surface area contributed by atoms with Crippen LogP contribution in [0, 0.1) is 0 Å². The van der Waals surface area contributed by atoms with Crippen molar-refractivity contribution in [3.8, 4) is 0 Å². The highest BCUT2D eigenvalue weighted by Crippen LogP contribution is 2.48. The van der Waals surface area contributed by atoms with Gasteiger partial charge in [-0.3, -0.25) is 8.97 Å². The van der Waals surface area contributed by atoms with Crippen LogP contribution in [0.5, 0.6) is 0 Å². The molecule has 1 aliphatic heterocycles. The number of para-hydroxylation sites is 2. The Morgan fingerprint density at radius 2 is 1.69 bits per heavy atom. The van der Waals surface area contributed by atoms with Gasteiger partial charge in [-0.25, -0.2) is 0 Å². The molecular weight excluding hydrogens is 390 g/mol. The van der Waals surface area contributed by atoms with E-state index >= 15 is 0 Å². The molecule has 2 aliphatic rings. The van der Waals surface area contributed by atoms with Gasteiger partial charge in [0.25, 0.3) is 0 Å². The molecule has 0 N–H and O–H groups in total. The maximum absolute atomic E-state index is 2.71. The van der Waals surface area contributed by atoms with Crippen molar-refractivity contribution in [1.29, 1.82) is 0 Å². The Morgan fingerprint density at radius 3 is 2.69 bits per heavy atom.